The van der Waals surface area contributed by atoms with Gasteiger partial charge in [0.2, 0.25) is 0 Å². The van der Waals surface area contributed by atoms with Gasteiger partial charge in [0, 0.05) is 25.6 Å². The first kappa shape index (κ1) is 10.9. The van der Waals surface area contributed by atoms with Crippen LogP contribution in [0.25, 0.3) is 0 Å². The maximum absolute atomic E-state index is 5.35. The molecule has 1 aromatic rings. The van der Waals surface area contributed by atoms with Crippen molar-refractivity contribution in [1.29, 1.82) is 0 Å². The summed E-state index contributed by atoms with van der Waals surface area (Å²) in [6, 6.07) is 0. The molecule has 1 unspecified atom stereocenters. The minimum Gasteiger partial charge on any atom is -0.381 e. The number of nitrogens with zero attached hydrogens (tertiary/aromatic N) is 4. The third kappa shape index (κ3) is 3.12. The lowest BCUT2D eigenvalue weighted by molar-refractivity contribution is 0.181. The molecule has 17 heavy (non-hydrogen) atoms. The first-order chi connectivity index (χ1) is 8.40. The molecule has 1 saturated carbocycles. The smallest absolute Gasteiger partial charge is 0.123 e. The second kappa shape index (κ2) is 4.96. The summed E-state index contributed by atoms with van der Waals surface area (Å²) >= 11 is 0. The maximum atomic E-state index is 5.35. The molecule has 92 valence electrons. The molecule has 2 heterocycles. The Morgan fingerprint density at radius 3 is 3.12 bits per heavy atom. The molecule has 0 radical (unpaired) electrons. The Morgan fingerprint density at radius 2 is 2.35 bits per heavy atom. The highest BCUT2D eigenvalue weighted by Crippen LogP contribution is 2.28. The third-order valence-corrected chi connectivity index (χ3v) is 3.31. The highest BCUT2D eigenvalue weighted by atomic mass is 16.5. The fourth-order valence-corrected chi connectivity index (χ4v) is 2.05. The number of hydrogen-bond acceptors (Lipinski definition) is 4. The van der Waals surface area contributed by atoms with Gasteiger partial charge in [-0.15, -0.1) is 5.10 Å². The molecule has 0 amide bonds. The summed E-state index contributed by atoms with van der Waals surface area (Å²) in [4.78, 5) is 4.38. The Balaban J connectivity index is 1.51. The fourth-order valence-electron chi connectivity index (χ4n) is 2.05. The Bertz CT molecular complexity index is 391. The van der Waals surface area contributed by atoms with Crippen LogP contribution in [0.2, 0.25) is 0 Å². The van der Waals surface area contributed by atoms with Crippen molar-refractivity contribution in [2.24, 2.45) is 16.8 Å². The lowest BCUT2D eigenvalue weighted by atomic mass is 10.1. The normalized spacial score (nSPS) is 24.8. The molecule has 0 aromatic carbocycles. The van der Waals surface area contributed by atoms with Crippen LogP contribution in [0.4, 0.5) is 0 Å². The summed E-state index contributed by atoms with van der Waals surface area (Å²) in [5.74, 6) is 1.42. The number of aromatic nitrogens is 3. The number of hydrogen-bond donors (Lipinski definition) is 0. The maximum Gasteiger partial charge on any atom is 0.123 e. The molecule has 0 bridgehead atoms. The molecule has 3 rings (SSSR count). The highest BCUT2D eigenvalue weighted by Gasteiger charge is 2.20. The first-order valence-corrected chi connectivity index (χ1v) is 6.38. The molecule has 0 N–H and O–H groups in total. The van der Waals surface area contributed by atoms with Crippen molar-refractivity contribution in [3.05, 3.63) is 11.9 Å². The molecule has 1 aliphatic carbocycles. The molecule has 2 aliphatic rings. The molecular weight excluding hydrogens is 216 g/mol. The van der Waals surface area contributed by atoms with E-state index in [4.69, 9.17) is 4.74 Å². The predicted octanol–water partition coefficient (Wildman–Crippen LogP) is 1.14. The SMILES string of the molecule is C(=NCC1CC1)c1cn(CC2CCOC2)nn1. The van der Waals surface area contributed by atoms with E-state index in [1.807, 2.05) is 17.1 Å². The minimum atomic E-state index is 0.591. The van der Waals surface area contributed by atoms with Gasteiger partial charge in [0.15, 0.2) is 0 Å². The van der Waals surface area contributed by atoms with Crippen LogP contribution in [0.3, 0.4) is 0 Å². The van der Waals surface area contributed by atoms with Gasteiger partial charge < -0.3 is 4.74 Å². The molecular formula is C12H18N4O. The second-order valence-electron chi connectivity index (χ2n) is 5.03. The Morgan fingerprint density at radius 1 is 1.41 bits per heavy atom. The van der Waals surface area contributed by atoms with Gasteiger partial charge in [-0.25, -0.2) is 0 Å². The molecule has 1 atom stereocenters. The number of rotatable bonds is 5. The average molecular weight is 234 g/mol. The van der Waals surface area contributed by atoms with E-state index in [2.05, 4.69) is 15.3 Å². The van der Waals surface area contributed by atoms with Crippen molar-refractivity contribution >= 4 is 6.21 Å². The van der Waals surface area contributed by atoms with Crippen LogP contribution < -0.4 is 0 Å². The minimum absolute atomic E-state index is 0.591. The molecule has 0 spiro atoms. The second-order valence-corrected chi connectivity index (χ2v) is 5.03. The molecule has 5 nitrogen and oxygen atoms in total. The quantitative estimate of drug-likeness (QED) is 0.718. The van der Waals surface area contributed by atoms with Crippen LogP contribution >= 0.6 is 0 Å². The number of aliphatic imine (C=N–C) groups is 1. The number of ether oxygens (including phenoxy) is 1. The van der Waals surface area contributed by atoms with E-state index in [1.165, 1.54) is 12.8 Å². The van der Waals surface area contributed by atoms with Crippen molar-refractivity contribution in [3.8, 4) is 0 Å². The van der Waals surface area contributed by atoms with Crippen molar-refractivity contribution in [2.75, 3.05) is 19.8 Å². The summed E-state index contributed by atoms with van der Waals surface area (Å²) < 4.78 is 7.25. The predicted molar refractivity (Wildman–Crippen MR) is 64.1 cm³/mol. The zero-order chi connectivity index (χ0) is 11.5. The first-order valence-electron chi connectivity index (χ1n) is 6.38. The van der Waals surface area contributed by atoms with Gasteiger partial charge in [-0.05, 0) is 25.2 Å². The van der Waals surface area contributed by atoms with Crippen molar-refractivity contribution in [1.82, 2.24) is 15.0 Å². The Labute approximate surface area is 101 Å². The van der Waals surface area contributed by atoms with Gasteiger partial charge >= 0.3 is 0 Å². The monoisotopic (exact) mass is 234 g/mol. The van der Waals surface area contributed by atoms with E-state index >= 15 is 0 Å². The van der Waals surface area contributed by atoms with Crippen molar-refractivity contribution in [3.63, 3.8) is 0 Å². The fraction of sp³-hybridized carbons (Fsp3) is 0.750. The third-order valence-electron chi connectivity index (χ3n) is 3.31. The Hall–Kier alpha value is -1.23. The zero-order valence-corrected chi connectivity index (χ0v) is 9.96. The highest BCUT2D eigenvalue weighted by molar-refractivity contribution is 5.76. The summed E-state index contributed by atoms with van der Waals surface area (Å²) in [6.45, 7) is 3.59. The van der Waals surface area contributed by atoms with Gasteiger partial charge in [0.25, 0.3) is 0 Å². The van der Waals surface area contributed by atoms with Crippen molar-refractivity contribution in [2.45, 2.75) is 25.8 Å². The molecule has 1 aliphatic heterocycles. The van der Waals surface area contributed by atoms with Crippen LogP contribution in [0.15, 0.2) is 11.2 Å². The van der Waals surface area contributed by atoms with Crippen molar-refractivity contribution < 1.29 is 4.74 Å². The average Bonchev–Trinajstić information content (AvgIpc) is 2.83. The van der Waals surface area contributed by atoms with Crippen LogP contribution in [0, 0.1) is 11.8 Å². The van der Waals surface area contributed by atoms with Gasteiger partial charge in [0.05, 0.1) is 19.0 Å². The van der Waals surface area contributed by atoms with Crippen LogP contribution in [-0.2, 0) is 11.3 Å². The zero-order valence-electron chi connectivity index (χ0n) is 9.96. The lowest BCUT2D eigenvalue weighted by Crippen LogP contribution is -2.11. The summed E-state index contributed by atoms with van der Waals surface area (Å²) in [5.41, 5.74) is 0.865. The molecule has 1 aromatic heterocycles. The molecule has 1 saturated heterocycles. The van der Waals surface area contributed by atoms with Crippen LogP contribution in [0.5, 0.6) is 0 Å². The largest absolute Gasteiger partial charge is 0.381 e. The van der Waals surface area contributed by atoms with E-state index < -0.39 is 0 Å². The lowest BCUT2D eigenvalue weighted by Gasteiger charge is -2.05. The van der Waals surface area contributed by atoms with Gasteiger partial charge in [-0.2, -0.15) is 0 Å². The van der Waals surface area contributed by atoms with Gasteiger partial charge in [0.1, 0.15) is 5.69 Å². The Kier molecular flexibility index (Phi) is 3.18. The van der Waals surface area contributed by atoms with E-state index in [0.717, 1.165) is 44.3 Å². The topological polar surface area (TPSA) is 52.3 Å². The summed E-state index contributed by atoms with van der Waals surface area (Å²) in [5, 5.41) is 8.21. The van der Waals surface area contributed by atoms with Crippen LogP contribution in [-0.4, -0.2) is 41.0 Å². The van der Waals surface area contributed by atoms with Gasteiger partial charge in [-0.3, -0.25) is 9.67 Å². The van der Waals surface area contributed by atoms with Crippen LogP contribution in [0.1, 0.15) is 25.0 Å². The summed E-state index contributed by atoms with van der Waals surface area (Å²) in [7, 11) is 0. The van der Waals surface area contributed by atoms with E-state index in [-0.39, 0.29) is 0 Å². The standard InChI is InChI=1S/C12H18N4O/c1-2-10(1)5-13-6-12-8-16(15-14-12)7-11-3-4-17-9-11/h6,8,10-11H,1-5,7,9H2. The van der Waals surface area contributed by atoms with Gasteiger partial charge in [-0.1, -0.05) is 5.21 Å². The van der Waals surface area contributed by atoms with E-state index in [0.29, 0.717) is 5.92 Å². The molecule has 2 fully saturated rings. The van der Waals surface area contributed by atoms with E-state index in [1.54, 1.807) is 0 Å². The van der Waals surface area contributed by atoms with E-state index in [9.17, 15) is 0 Å². The summed E-state index contributed by atoms with van der Waals surface area (Å²) in [6.07, 6.45) is 7.62. The molecule has 5 heteroatoms.